The van der Waals surface area contributed by atoms with E-state index in [9.17, 15) is 4.79 Å². The molecule has 0 atom stereocenters. The molecule has 132 valence electrons. The standard InChI is InChI=1S/C24H24O2/c1-2-3-4-17-26-24-15-13-23(14-16-24)22-11-9-21(10-12-22)20-7-5-19(18-25)6-8-20/h5-16,18H,2-4,17H2,1H3. The highest BCUT2D eigenvalue weighted by molar-refractivity contribution is 5.77. The average molecular weight is 344 g/mol. The molecular weight excluding hydrogens is 320 g/mol. The first kappa shape index (κ1) is 17.9. The molecule has 0 amide bonds. The van der Waals surface area contributed by atoms with Crippen molar-refractivity contribution in [2.75, 3.05) is 6.61 Å². The number of unbranched alkanes of at least 4 members (excludes halogenated alkanes) is 2. The van der Waals surface area contributed by atoms with Gasteiger partial charge in [-0.25, -0.2) is 0 Å². The summed E-state index contributed by atoms with van der Waals surface area (Å²) in [4.78, 5) is 10.8. The summed E-state index contributed by atoms with van der Waals surface area (Å²) in [5.74, 6) is 0.928. The fraction of sp³-hybridized carbons (Fsp3) is 0.208. The van der Waals surface area contributed by atoms with E-state index < -0.39 is 0 Å². The van der Waals surface area contributed by atoms with E-state index in [1.54, 1.807) is 0 Å². The van der Waals surface area contributed by atoms with Gasteiger partial charge < -0.3 is 4.74 Å². The van der Waals surface area contributed by atoms with Crippen LogP contribution in [0.15, 0.2) is 72.8 Å². The molecule has 0 spiro atoms. The molecule has 3 aromatic carbocycles. The van der Waals surface area contributed by atoms with Gasteiger partial charge in [0.15, 0.2) is 0 Å². The summed E-state index contributed by atoms with van der Waals surface area (Å²) in [6.45, 7) is 2.98. The minimum Gasteiger partial charge on any atom is -0.494 e. The van der Waals surface area contributed by atoms with Crippen LogP contribution in [-0.4, -0.2) is 12.9 Å². The topological polar surface area (TPSA) is 26.3 Å². The van der Waals surface area contributed by atoms with Crippen molar-refractivity contribution in [3.8, 4) is 28.0 Å². The first-order valence-corrected chi connectivity index (χ1v) is 9.19. The molecule has 26 heavy (non-hydrogen) atoms. The molecular formula is C24H24O2. The first-order chi connectivity index (χ1) is 12.8. The summed E-state index contributed by atoms with van der Waals surface area (Å²) in [7, 11) is 0. The maximum atomic E-state index is 10.8. The van der Waals surface area contributed by atoms with Gasteiger partial charge in [0.05, 0.1) is 6.61 Å². The van der Waals surface area contributed by atoms with Crippen molar-refractivity contribution in [1.29, 1.82) is 0 Å². The highest BCUT2D eigenvalue weighted by Gasteiger charge is 2.02. The van der Waals surface area contributed by atoms with Crippen LogP contribution in [0.1, 0.15) is 36.5 Å². The monoisotopic (exact) mass is 344 g/mol. The Morgan fingerprint density at radius 1 is 0.692 bits per heavy atom. The van der Waals surface area contributed by atoms with E-state index in [4.69, 9.17) is 4.74 Å². The lowest BCUT2D eigenvalue weighted by molar-refractivity contribution is 0.112. The third-order valence-electron chi connectivity index (χ3n) is 4.47. The predicted molar refractivity (Wildman–Crippen MR) is 108 cm³/mol. The molecule has 0 saturated carbocycles. The van der Waals surface area contributed by atoms with Crippen LogP contribution >= 0.6 is 0 Å². The Balaban J connectivity index is 1.66. The summed E-state index contributed by atoms with van der Waals surface area (Å²) >= 11 is 0. The van der Waals surface area contributed by atoms with Crippen LogP contribution in [0, 0.1) is 0 Å². The number of aldehydes is 1. The molecule has 0 aliphatic heterocycles. The van der Waals surface area contributed by atoms with Crippen LogP contribution in [0.25, 0.3) is 22.3 Å². The molecule has 3 aromatic rings. The molecule has 0 unspecified atom stereocenters. The van der Waals surface area contributed by atoms with Crippen LogP contribution in [0.3, 0.4) is 0 Å². The second kappa shape index (κ2) is 9.00. The number of benzene rings is 3. The largest absolute Gasteiger partial charge is 0.494 e. The first-order valence-electron chi connectivity index (χ1n) is 9.19. The second-order valence-electron chi connectivity index (χ2n) is 6.40. The van der Waals surface area contributed by atoms with Crippen molar-refractivity contribution in [3.05, 3.63) is 78.4 Å². The summed E-state index contributed by atoms with van der Waals surface area (Å²) < 4.78 is 5.77. The zero-order chi connectivity index (χ0) is 18.2. The summed E-state index contributed by atoms with van der Waals surface area (Å²) in [5, 5.41) is 0. The fourth-order valence-corrected chi connectivity index (χ4v) is 2.89. The summed E-state index contributed by atoms with van der Waals surface area (Å²) in [6.07, 6.45) is 4.39. The van der Waals surface area contributed by atoms with Gasteiger partial charge in [-0.15, -0.1) is 0 Å². The van der Waals surface area contributed by atoms with E-state index in [2.05, 4.69) is 43.3 Å². The van der Waals surface area contributed by atoms with Crippen molar-refractivity contribution in [2.45, 2.75) is 26.2 Å². The molecule has 3 rings (SSSR count). The van der Waals surface area contributed by atoms with Gasteiger partial charge in [-0.2, -0.15) is 0 Å². The van der Waals surface area contributed by atoms with Gasteiger partial charge >= 0.3 is 0 Å². The number of carbonyl (C=O) groups excluding carboxylic acids is 1. The average Bonchev–Trinajstić information content (AvgIpc) is 2.72. The molecule has 2 nitrogen and oxygen atoms in total. The van der Waals surface area contributed by atoms with Gasteiger partial charge in [0.2, 0.25) is 0 Å². The third kappa shape index (κ3) is 4.60. The molecule has 0 bridgehead atoms. The minimum absolute atomic E-state index is 0.697. The maximum absolute atomic E-state index is 10.8. The quantitative estimate of drug-likeness (QED) is 0.349. The molecule has 0 heterocycles. The number of rotatable bonds is 8. The molecule has 2 heteroatoms. The van der Waals surface area contributed by atoms with Gasteiger partial charge in [0.1, 0.15) is 12.0 Å². The number of hydrogen-bond acceptors (Lipinski definition) is 2. The lowest BCUT2D eigenvalue weighted by Gasteiger charge is -2.08. The van der Waals surface area contributed by atoms with Crippen molar-refractivity contribution >= 4 is 6.29 Å². The Morgan fingerprint density at radius 3 is 1.62 bits per heavy atom. The van der Waals surface area contributed by atoms with E-state index >= 15 is 0 Å². The molecule has 0 saturated heterocycles. The molecule has 0 aromatic heterocycles. The predicted octanol–water partition coefficient (Wildman–Crippen LogP) is 6.40. The third-order valence-corrected chi connectivity index (χ3v) is 4.47. The van der Waals surface area contributed by atoms with Crippen molar-refractivity contribution in [3.63, 3.8) is 0 Å². The van der Waals surface area contributed by atoms with Crippen molar-refractivity contribution in [2.24, 2.45) is 0 Å². The molecule has 0 aliphatic rings. The van der Waals surface area contributed by atoms with E-state index in [0.717, 1.165) is 36.2 Å². The van der Waals surface area contributed by atoms with E-state index in [0.29, 0.717) is 5.56 Å². The van der Waals surface area contributed by atoms with E-state index in [1.807, 2.05) is 36.4 Å². The fourth-order valence-electron chi connectivity index (χ4n) is 2.89. The Morgan fingerprint density at radius 2 is 1.15 bits per heavy atom. The highest BCUT2D eigenvalue weighted by Crippen LogP contribution is 2.26. The minimum atomic E-state index is 0.697. The second-order valence-corrected chi connectivity index (χ2v) is 6.40. The van der Waals surface area contributed by atoms with Crippen LogP contribution in [0.5, 0.6) is 5.75 Å². The Bertz CT molecular complexity index is 816. The van der Waals surface area contributed by atoms with Crippen LogP contribution in [0.2, 0.25) is 0 Å². The zero-order valence-corrected chi connectivity index (χ0v) is 15.2. The van der Waals surface area contributed by atoms with Gasteiger partial charge in [-0.1, -0.05) is 80.4 Å². The van der Waals surface area contributed by atoms with Crippen LogP contribution < -0.4 is 4.74 Å². The van der Waals surface area contributed by atoms with Gasteiger partial charge in [-0.3, -0.25) is 4.79 Å². The number of hydrogen-bond donors (Lipinski definition) is 0. The highest BCUT2D eigenvalue weighted by atomic mass is 16.5. The lowest BCUT2D eigenvalue weighted by atomic mass is 10.00. The zero-order valence-electron chi connectivity index (χ0n) is 15.2. The molecule has 0 aliphatic carbocycles. The van der Waals surface area contributed by atoms with Crippen molar-refractivity contribution < 1.29 is 9.53 Å². The molecule has 0 fully saturated rings. The Labute approximate surface area is 155 Å². The maximum Gasteiger partial charge on any atom is 0.150 e. The van der Waals surface area contributed by atoms with Gasteiger partial charge in [0, 0.05) is 5.56 Å². The van der Waals surface area contributed by atoms with E-state index in [1.165, 1.54) is 24.0 Å². The summed E-state index contributed by atoms with van der Waals surface area (Å²) in [5.41, 5.74) is 5.30. The summed E-state index contributed by atoms with van der Waals surface area (Å²) in [6, 6.07) is 24.4. The Hall–Kier alpha value is -2.87. The SMILES string of the molecule is CCCCCOc1ccc(-c2ccc(-c3ccc(C=O)cc3)cc2)cc1. The van der Waals surface area contributed by atoms with Crippen molar-refractivity contribution in [1.82, 2.24) is 0 Å². The Kier molecular flexibility index (Phi) is 6.21. The smallest absolute Gasteiger partial charge is 0.150 e. The van der Waals surface area contributed by atoms with Crippen LogP contribution in [0.4, 0.5) is 0 Å². The van der Waals surface area contributed by atoms with Crippen LogP contribution in [-0.2, 0) is 0 Å². The molecule has 0 radical (unpaired) electrons. The number of carbonyl (C=O) groups is 1. The normalized spacial score (nSPS) is 10.5. The van der Waals surface area contributed by atoms with Gasteiger partial charge in [-0.05, 0) is 40.8 Å². The lowest BCUT2D eigenvalue weighted by Crippen LogP contribution is -1.96. The number of ether oxygens (including phenoxy) is 1. The molecule has 0 N–H and O–H groups in total. The van der Waals surface area contributed by atoms with Gasteiger partial charge in [0.25, 0.3) is 0 Å². The van der Waals surface area contributed by atoms with E-state index in [-0.39, 0.29) is 0 Å².